The van der Waals surface area contributed by atoms with Crippen LogP contribution in [0.4, 0.5) is 24.5 Å². The summed E-state index contributed by atoms with van der Waals surface area (Å²) in [5.41, 5.74) is 9.40. The number of nitrogens with zero attached hydrogens (tertiary/aromatic N) is 1. The second kappa shape index (κ2) is 7.25. The zero-order valence-electron chi connectivity index (χ0n) is 13.9. The molecule has 6 heteroatoms. The number of ether oxygens (including phenoxy) is 1. The fraction of sp³-hybridized carbons (Fsp3) is 0.368. The van der Waals surface area contributed by atoms with E-state index in [1.54, 1.807) is 12.1 Å². The molecular weight excluding hydrogens is 329 g/mol. The van der Waals surface area contributed by atoms with Crippen molar-refractivity contribution in [2.24, 2.45) is 0 Å². The van der Waals surface area contributed by atoms with Crippen molar-refractivity contribution >= 4 is 11.4 Å². The number of alkyl halides is 3. The fourth-order valence-electron chi connectivity index (χ4n) is 3.21. The lowest BCUT2D eigenvalue weighted by molar-refractivity contribution is -0.274. The maximum absolute atomic E-state index is 12.3. The Labute approximate surface area is 145 Å². The highest BCUT2D eigenvalue weighted by Crippen LogP contribution is 2.35. The molecule has 1 fully saturated rings. The van der Waals surface area contributed by atoms with E-state index in [1.807, 2.05) is 18.2 Å². The minimum Gasteiger partial charge on any atom is -0.406 e. The number of nitrogen functional groups attached to an aromatic ring is 1. The number of hydrogen-bond acceptors (Lipinski definition) is 3. The first kappa shape index (κ1) is 17.5. The van der Waals surface area contributed by atoms with Gasteiger partial charge in [-0.25, -0.2) is 0 Å². The van der Waals surface area contributed by atoms with Gasteiger partial charge in [0.2, 0.25) is 0 Å². The highest BCUT2D eigenvalue weighted by atomic mass is 19.4. The third-order valence-corrected chi connectivity index (χ3v) is 4.37. The van der Waals surface area contributed by atoms with Crippen molar-refractivity contribution in [1.82, 2.24) is 0 Å². The summed E-state index contributed by atoms with van der Waals surface area (Å²) in [5, 5.41) is 0. The van der Waals surface area contributed by atoms with Crippen LogP contribution in [0, 0.1) is 0 Å². The van der Waals surface area contributed by atoms with Crippen LogP contribution in [-0.2, 0) is 0 Å². The van der Waals surface area contributed by atoms with E-state index in [1.165, 1.54) is 25.0 Å². The Morgan fingerprint density at radius 2 is 1.52 bits per heavy atom. The van der Waals surface area contributed by atoms with Crippen LogP contribution in [0.25, 0.3) is 11.1 Å². The highest BCUT2D eigenvalue weighted by molar-refractivity contribution is 5.81. The lowest BCUT2D eigenvalue weighted by Crippen LogP contribution is -2.24. The van der Waals surface area contributed by atoms with Gasteiger partial charge in [-0.3, -0.25) is 0 Å². The molecule has 0 unspecified atom stereocenters. The summed E-state index contributed by atoms with van der Waals surface area (Å²) in [5.74, 6) is -0.225. The lowest BCUT2D eigenvalue weighted by atomic mass is 10.0. The van der Waals surface area contributed by atoms with Gasteiger partial charge in [0, 0.05) is 30.0 Å². The van der Waals surface area contributed by atoms with Crippen molar-refractivity contribution in [1.29, 1.82) is 0 Å². The Morgan fingerprint density at radius 3 is 2.12 bits per heavy atom. The Balaban J connectivity index is 1.91. The number of halogens is 3. The van der Waals surface area contributed by atoms with E-state index in [-0.39, 0.29) is 5.75 Å². The predicted octanol–water partition coefficient (Wildman–Crippen LogP) is 5.21. The van der Waals surface area contributed by atoms with Crippen LogP contribution in [-0.4, -0.2) is 19.5 Å². The molecule has 0 saturated carbocycles. The number of anilines is 2. The van der Waals surface area contributed by atoms with E-state index in [9.17, 15) is 13.2 Å². The molecule has 1 heterocycles. The average molecular weight is 350 g/mol. The molecule has 0 radical (unpaired) electrons. The molecule has 134 valence electrons. The summed E-state index contributed by atoms with van der Waals surface area (Å²) in [6.45, 7) is 1.96. The Bertz CT molecular complexity index is 706. The van der Waals surface area contributed by atoms with Gasteiger partial charge in [0.15, 0.2) is 0 Å². The third kappa shape index (κ3) is 4.59. The molecule has 0 spiro atoms. The zero-order chi connectivity index (χ0) is 17.9. The van der Waals surface area contributed by atoms with Gasteiger partial charge in [0.25, 0.3) is 0 Å². The molecule has 0 atom stereocenters. The topological polar surface area (TPSA) is 38.5 Å². The van der Waals surface area contributed by atoms with Crippen molar-refractivity contribution in [3.05, 3.63) is 42.5 Å². The number of nitrogens with two attached hydrogens (primary N) is 1. The molecule has 0 bridgehead atoms. The van der Waals surface area contributed by atoms with Crippen LogP contribution in [0.3, 0.4) is 0 Å². The van der Waals surface area contributed by atoms with E-state index in [0.717, 1.165) is 42.7 Å². The summed E-state index contributed by atoms with van der Waals surface area (Å²) in [4.78, 5) is 2.34. The van der Waals surface area contributed by atoms with Gasteiger partial charge in [-0.05, 0) is 48.7 Å². The van der Waals surface area contributed by atoms with Crippen LogP contribution >= 0.6 is 0 Å². The number of benzene rings is 2. The lowest BCUT2D eigenvalue weighted by Gasteiger charge is -2.26. The van der Waals surface area contributed by atoms with E-state index in [0.29, 0.717) is 5.69 Å². The van der Waals surface area contributed by atoms with Crippen LogP contribution in [0.5, 0.6) is 5.75 Å². The standard InChI is InChI=1S/C19H21F3N2O/c20-19(21,22)25-16-8-5-14(6-9-16)17-13-15(23)7-10-18(17)24-11-3-1-2-4-12-24/h5-10,13H,1-4,11-12,23H2. The van der Waals surface area contributed by atoms with Gasteiger partial charge in [0.1, 0.15) is 5.75 Å². The van der Waals surface area contributed by atoms with Gasteiger partial charge in [-0.2, -0.15) is 0 Å². The monoisotopic (exact) mass is 350 g/mol. The number of rotatable bonds is 3. The fourth-order valence-corrected chi connectivity index (χ4v) is 3.21. The molecule has 0 amide bonds. The molecule has 1 aliphatic heterocycles. The molecular formula is C19H21F3N2O. The number of hydrogen-bond donors (Lipinski definition) is 1. The summed E-state index contributed by atoms with van der Waals surface area (Å²) in [6.07, 6.45) is 0.0504. The Hall–Kier alpha value is -2.37. The minimum absolute atomic E-state index is 0.225. The van der Waals surface area contributed by atoms with E-state index in [2.05, 4.69) is 9.64 Å². The average Bonchev–Trinajstić information content (AvgIpc) is 2.83. The van der Waals surface area contributed by atoms with E-state index in [4.69, 9.17) is 5.73 Å². The van der Waals surface area contributed by atoms with Crippen LogP contribution < -0.4 is 15.4 Å². The quantitative estimate of drug-likeness (QED) is 0.772. The second-order valence-electron chi connectivity index (χ2n) is 6.25. The summed E-state index contributed by atoms with van der Waals surface area (Å²) >= 11 is 0. The molecule has 1 aliphatic rings. The molecule has 1 saturated heterocycles. The maximum atomic E-state index is 12.3. The van der Waals surface area contributed by atoms with Crippen molar-refractivity contribution in [2.45, 2.75) is 32.0 Å². The summed E-state index contributed by atoms with van der Waals surface area (Å²) in [6, 6.07) is 11.7. The largest absolute Gasteiger partial charge is 0.573 e. The van der Waals surface area contributed by atoms with Crippen molar-refractivity contribution in [2.75, 3.05) is 23.7 Å². The highest BCUT2D eigenvalue weighted by Gasteiger charge is 2.31. The Kier molecular flexibility index (Phi) is 5.06. The second-order valence-corrected chi connectivity index (χ2v) is 6.25. The SMILES string of the molecule is Nc1ccc(N2CCCCCC2)c(-c2ccc(OC(F)(F)F)cc2)c1. The summed E-state index contributed by atoms with van der Waals surface area (Å²) in [7, 11) is 0. The third-order valence-electron chi connectivity index (χ3n) is 4.37. The first-order valence-electron chi connectivity index (χ1n) is 8.43. The van der Waals surface area contributed by atoms with Crippen molar-refractivity contribution in [3.63, 3.8) is 0 Å². The van der Waals surface area contributed by atoms with Gasteiger partial charge in [0.05, 0.1) is 0 Å². The molecule has 3 rings (SSSR count). The molecule has 0 aliphatic carbocycles. The van der Waals surface area contributed by atoms with Crippen molar-refractivity contribution in [3.8, 4) is 16.9 Å². The molecule has 2 aromatic carbocycles. The zero-order valence-corrected chi connectivity index (χ0v) is 13.9. The van der Waals surface area contributed by atoms with Gasteiger partial charge in [-0.15, -0.1) is 13.2 Å². The van der Waals surface area contributed by atoms with E-state index < -0.39 is 6.36 Å². The van der Waals surface area contributed by atoms with Gasteiger partial charge in [-0.1, -0.05) is 25.0 Å². The van der Waals surface area contributed by atoms with Crippen LogP contribution in [0.1, 0.15) is 25.7 Å². The molecule has 25 heavy (non-hydrogen) atoms. The molecule has 2 aromatic rings. The molecule has 2 N–H and O–H groups in total. The smallest absolute Gasteiger partial charge is 0.406 e. The minimum atomic E-state index is -4.68. The van der Waals surface area contributed by atoms with Crippen molar-refractivity contribution < 1.29 is 17.9 Å². The van der Waals surface area contributed by atoms with Crippen LogP contribution in [0.2, 0.25) is 0 Å². The maximum Gasteiger partial charge on any atom is 0.573 e. The van der Waals surface area contributed by atoms with Gasteiger partial charge >= 0.3 is 6.36 Å². The Morgan fingerprint density at radius 1 is 0.880 bits per heavy atom. The normalized spacial score (nSPS) is 15.7. The predicted molar refractivity (Wildman–Crippen MR) is 93.7 cm³/mol. The first-order chi connectivity index (χ1) is 11.9. The first-order valence-corrected chi connectivity index (χ1v) is 8.43. The van der Waals surface area contributed by atoms with E-state index >= 15 is 0 Å². The van der Waals surface area contributed by atoms with Gasteiger partial charge < -0.3 is 15.4 Å². The summed E-state index contributed by atoms with van der Waals surface area (Å²) < 4.78 is 40.9. The molecule has 3 nitrogen and oxygen atoms in total. The van der Waals surface area contributed by atoms with Crippen LogP contribution in [0.15, 0.2) is 42.5 Å². The molecule has 0 aromatic heterocycles.